The molecule has 0 bridgehead atoms. The predicted octanol–water partition coefficient (Wildman–Crippen LogP) is -0.139. The van der Waals surface area contributed by atoms with Crippen LogP contribution in [0.1, 0.15) is 6.42 Å². The van der Waals surface area contributed by atoms with Crippen molar-refractivity contribution in [1.29, 1.82) is 0 Å². The lowest BCUT2D eigenvalue weighted by Gasteiger charge is -2.17. The van der Waals surface area contributed by atoms with Gasteiger partial charge in [0.25, 0.3) is 5.56 Å². The fourth-order valence-corrected chi connectivity index (χ4v) is 2.35. The highest BCUT2D eigenvalue weighted by molar-refractivity contribution is 5.67. The van der Waals surface area contributed by atoms with Gasteiger partial charge in [-0.15, -0.1) is 0 Å². The molecule has 2 heterocycles. The summed E-state index contributed by atoms with van der Waals surface area (Å²) in [4.78, 5) is 25.0. The Balaban J connectivity index is 1.82. The van der Waals surface area contributed by atoms with Crippen LogP contribution in [0, 0.1) is 0 Å². The van der Waals surface area contributed by atoms with E-state index in [1.165, 1.54) is 13.2 Å². The number of alkyl carbamates (subject to hydrolysis) is 1. The summed E-state index contributed by atoms with van der Waals surface area (Å²) in [5.41, 5.74) is 6.20. The van der Waals surface area contributed by atoms with Crippen LogP contribution in [0.25, 0.3) is 0 Å². The number of methoxy groups -OCH3 is 1. The standard InChI is InChI=1S/C13H20N4O3/c1-20-13(19)15-11-4-5-16(9-11)6-7-17-8-10(14)2-3-12(17)18/h2-3,8,11H,4-7,9,14H2,1H3,(H,15,19). The molecule has 20 heavy (non-hydrogen) atoms. The Morgan fingerprint density at radius 1 is 1.50 bits per heavy atom. The summed E-state index contributed by atoms with van der Waals surface area (Å²) in [5, 5.41) is 2.79. The maximum atomic E-state index is 11.6. The number of nitrogen functional groups attached to an aromatic ring is 1. The Labute approximate surface area is 117 Å². The van der Waals surface area contributed by atoms with Crippen molar-refractivity contribution in [3.63, 3.8) is 0 Å². The number of amides is 1. The van der Waals surface area contributed by atoms with Crippen LogP contribution in [0.3, 0.4) is 0 Å². The molecule has 110 valence electrons. The fraction of sp³-hybridized carbons (Fsp3) is 0.538. The first-order valence-electron chi connectivity index (χ1n) is 6.61. The van der Waals surface area contributed by atoms with Gasteiger partial charge in [-0.05, 0) is 12.5 Å². The summed E-state index contributed by atoms with van der Waals surface area (Å²) in [6, 6.07) is 3.19. The molecule has 0 aliphatic carbocycles. The summed E-state index contributed by atoms with van der Waals surface area (Å²) in [6.07, 6.45) is 2.15. The summed E-state index contributed by atoms with van der Waals surface area (Å²) in [7, 11) is 1.36. The largest absolute Gasteiger partial charge is 0.453 e. The number of nitrogens with one attached hydrogen (secondary N) is 1. The molecule has 0 saturated carbocycles. The first kappa shape index (κ1) is 14.4. The van der Waals surface area contributed by atoms with Gasteiger partial charge in [0.2, 0.25) is 0 Å². The second-order valence-corrected chi connectivity index (χ2v) is 4.92. The van der Waals surface area contributed by atoms with Gasteiger partial charge in [-0.3, -0.25) is 9.69 Å². The van der Waals surface area contributed by atoms with Gasteiger partial charge in [0, 0.05) is 50.2 Å². The first-order valence-corrected chi connectivity index (χ1v) is 6.61. The van der Waals surface area contributed by atoms with Crippen LogP contribution in [0.15, 0.2) is 23.1 Å². The van der Waals surface area contributed by atoms with E-state index < -0.39 is 6.09 Å². The molecule has 1 fully saturated rings. The average molecular weight is 280 g/mol. The van der Waals surface area contributed by atoms with Gasteiger partial charge in [-0.25, -0.2) is 4.79 Å². The second kappa shape index (κ2) is 6.42. The van der Waals surface area contributed by atoms with E-state index in [2.05, 4.69) is 15.0 Å². The molecule has 1 saturated heterocycles. The number of rotatable bonds is 4. The van der Waals surface area contributed by atoms with E-state index in [0.29, 0.717) is 12.2 Å². The number of likely N-dealkylation sites (tertiary alicyclic amines) is 1. The average Bonchev–Trinajstić information content (AvgIpc) is 2.87. The Bertz CT molecular complexity index is 529. The van der Waals surface area contributed by atoms with Gasteiger partial charge in [-0.1, -0.05) is 0 Å². The van der Waals surface area contributed by atoms with E-state index in [0.717, 1.165) is 26.1 Å². The topological polar surface area (TPSA) is 89.6 Å². The van der Waals surface area contributed by atoms with Crippen molar-refractivity contribution < 1.29 is 9.53 Å². The van der Waals surface area contributed by atoms with Gasteiger partial charge in [-0.2, -0.15) is 0 Å². The molecule has 1 aromatic heterocycles. The lowest BCUT2D eigenvalue weighted by atomic mass is 10.3. The number of carbonyl (C=O) groups is 1. The fourth-order valence-electron chi connectivity index (χ4n) is 2.35. The molecule has 3 N–H and O–H groups in total. The number of hydrogen-bond acceptors (Lipinski definition) is 5. The van der Waals surface area contributed by atoms with Crippen molar-refractivity contribution in [3.05, 3.63) is 28.7 Å². The molecule has 7 nitrogen and oxygen atoms in total. The molecule has 0 aromatic carbocycles. The number of anilines is 1. The van der Waals surface area contributed by atoms with Gasteiger partial charge in [0.1, 0.15) is 0 Å². The number of pyridine rings is 1. The molecule has 1 aliphatic rings. The third kappa shape index (κ3) is 3.74. The number of ether oxygens (including phenoxy) is 1. The van der Waals surface area contributed by atoms with Crippen LogP contribution in [-0.4, -0.2) is 48.3 Å². The molecule has 1 unspecified atom stereocenters. The highest BCUT2D eigenvalue weighted by atomic mass is 16.5. The van der Waals surface area contributed by atoms with Crippen LogP contribution < -0.4 is 16.6 Å². The van der Waals surface area contributed by atoms with Crippen molar-refractivity contribution >= 4 is 11.8 Å². The van der Waals surface area contributed by atoms with Crippen molar-refractivity contribution in [2.75, 3.05) is 32.5 Å². The van der Waals surface area contributed by atoms with Crippen molar-refractivity contribution in [1.82, 2.24) is 14.8 Å². The van der Waals surface area contributed by atoms with Gasteiger partial charge < -0.3 is 20.4 Å². The highest BCUT2D eigenvalue weighted by Crippen LogP contribution is 2.09. The van der Waals surface area contributed by atoms with E-state index in [-0.39, 0.29) is 11.6 Å². The minimum atomic E-state index is -0.399. The van der Waals surface area contributed by atoms with E-state index in [9.17, 15) is 9.59 Å². The lowest BCUT2D eigenvalue weighted by molar-refractivity contribution is 0.166. The van der Waals surface area contributed by atoms with Crippen LogP contribution in [0.4, 0.5) is 10.5 Å². The molecule has 1 aromatic rings. The Hall–Kier alpha value is -2.02. The zero-order valence-electron chi connectivity index (χ0n) is 11.5. The summed E-state index contributed by atoms with van der Waals surface area (Å²) in [6.45, 7) is 3.01. The van der Waals surface area contributed by atoms with Gasteiger partial charge >= 0.3 is 6.09 Å². The van der Waals surface area contributed by atoms with Crippen LogP contribution in [-0.2, 0) is 11.3 Å². The number of carbonyl (C=O) groups excluding carboxylic acids is 1. The Morgan fingerprint density at radius 3 is 3.05 bits per heavy atom. The zero-order valence-corrected chi connectivity index (χ0v) is 11.5. The minimum Gasteiger partial charge on any atom is -0.453 e. The third-order valence-electron chi connectivity index (χ3n) is 3.44. The van der Waals surface area contributed by atoms with E-state index in [1.54, 1.807) is 16.8 Å². The quantitative estimate of drug-likeness (QED) is 0.801. The second-order valence-electron chi connectivity index (χ2n) is 4.92. The van der Waals surface area contributed by atoms with Gasteiger partial charge in [0.05, 0.1) is 7.11 Å². The Kier molecular flexibility index (Phi) is 4.62. The molecule has 0 spiro atoms. The monoisotopic (exact) mass is 280 g/mol. The smallest absolute Gasteiger partial charge is 0.407 e. The maximum Gasteiger partial charge on any atom is 0.407 e. The lowest BCUT2D eigenvalue weighted by Crippen LogP contribution is -2.37. The molecular weight excluding hydrogens is 260 g/mol. The number of hydrogen-bond donors (Lipinski definition) is 2. The summed E-state index contributed by atoms with van der Waals surface area (Å²) < 4.78 is 6.19. The SMILES string of the molecule is COC(=O)NC1CCN(CCn2cc(N)ccc2=O)C1. The molecule has 0 radical (unpaired) electrons. The van der Waals surface area contributed by atoms with Crippen LogP contribution >= 0.6 is 0 Å². The molecule has 1 atom stereocenters. The maximum absolute atomic E-state index is 11.6. The number of nitrogens with two attached hydrogens (primary N) is 1. The number of nitrogens with zero attached hydrogens (tertiary/aromatic N) is 2. The summed E-state index contributed by atoms with van der Waals surface area (Å²) >= 11 is 0. The molecule has 7 heteroatoms. The van der Waals surface area contributed by atoms with Crippen molar-refractivity contribution in [2.24, 2.45) is 0 Å². The first-order chi connectivity index (χ1) is 9.58. The highest BCUT2D eigenvalue weighted by Gasteiger charge is 2.23. The summed E-state index contributed by atoms with van der Waals surface area (Å²) in [5.74, 6) is 0. The predicted molar refractivity (Wildman–Crippen MR) is 75.5 cm³/mol. The third-order valence-corrected chi connectivity index (χ3v) is 3.44. The molecule has 1 amide bonds. The minimum absolute atomic E-state index is 0.0531. The molecular formula is C13H20N4O3. The Morgan fingerprint density at radius 2 is 2.30 bits per heavy atom. The normalized spacial score (nSPS) is 18.9. The van der Waals surface area contributed by atoms with E-state index >= 15 is 0 Å². The van der Waals surface area contributed by atoms with Crippen molar-refractivity contribution in [2.45, 2.75) is 19.0 Å². The molecule has 1 aliphatic heterocycles. The van der Waals surface area contributed by atoms with E-state index in [4.69, 9.17) is 5.73 Å². The van der Waals surface area contributed by atoms with Gasteiger partial charge in [0.15, 0.2) is 0 Å². The van der Waals surface area contributed by atoms with Crippen LogP contribution in [0.5, 0.6) is 0 Å². The number of aromatic nitrogens is 1. The zero-order chi connectivity index (χ0) is 14.5. The van der Waals surface area contributed by atoms with Crippen LogP contribution in [0.2, 0.25) is 0 Å². The molecule has 2 rings (SSSR count). The van der Waals surface area contributed by atoms with Crippen molar-refractivity contribution in [3.8, 4) is 0 Å². The van der Waals surface area contributed by atoms with E-state index in [1.807, 2.05) is 0 Å².